The normalized spacial score (nSPS) is 12.3. The van der Waals surface area contributed by atoms with Crippen LogP contribution < -0.4 is 5.32 Å². The van der Waals surface area contributed by atoms with Crippen molar-refractivity contribution in [3.05, 3.63) is 64.7 Å². The highest BCUT2D eigenvalue weighted by Gasteiger charge is 2.30. The molecule has 30 heavy (non-hydrogen) atoms. The largest absolute Gasteiger partial charge is 0.350 e. The van der Waals surface area contributed by atoms with Crippen molar-refractivity contribution in [3.8, 4) is 0 Å². The summed E-state index contributed by atoms with van der Waals surface area (Å²) in [5.41, 5.74) is 1.78. The van der Waals surface area contributed by atoms with Crippen molar-refractivity contribution in [1.82, 2.24) is 10.2 Å². The molecule has 4 nitrogen and oxygen atoms in total. The van der Waals surface area contributed by atoms with Crippen molar-refractivity contribution < 1.29 is 9.59 Å². The van der Waals surface area contributed by atoms with Crippen molar-refractivity contribution in [1.29, 1.82) is 0 Å². The molecule has 1 atom stereocenters. The van der Waals surface area contributed by atoms with Crippen LogP contribution in [0.4, 0.5) is 0 Å². The van der Waals surface area contributed by atoms with Crippen molar-refractivity contribution in [2.45, 2.75) is 64.1 Å². The second-order valence-electron chi connectivity index (χ2n) is 8.42. The Labute approximate surface area is 189 Å². The first-order chi connectivity index (χ1) is 14.1. The van der Waals surface area contributed by atoms with Gasteiger partial charge in [0.2, 0.25) is 11.8 Å². The molecule has 0 radical (unpaired) electrons. The Hall–Kier alpha value is -1.98. The van der Waals surface area contributed by atoms with E-state index in [0.29, 0.717) is 18.0 Å². The number of aryl methyl sites for hydroxylation is 1. The van der Waals surface area contributed by atoms with E-state index in [9.17, 15) is 9.59 Å². The molecule has 0 unspecified atom stereocenters. The summed E-state index contributed by atoms with van der Waals surface area (Å²) in [6.45, 7) is 10.2. The van der Waals surface area contributed by atoms with Crippen LogP contribution in [0.5, 0.6) is 0 Å². The zero-order chi connectivity index (χ0) is 22.3. The molecule has 0 spiro atoms. The third-order valence-electron chi connectivity index (χ3n) is 4.50. The van der Waals surface area contributed by atoms with E-state index in [1.807, 2.05) is 77.1 Å². The van der Waals surface area contributed by atoms with E-state index < -0.39 is 6.04 Å². The third kappa shape index (κ3) is 7.69. The molecule has 2 rings (SSSR count). The molecular formula is C24H31ClN2O2S. The van der Waals surface area contributed by atoms with Crippen LogP contribution in [0.3, 0.4) is 0 Å². The van der Waals surface area contributed by atoms with Crippen molar-refractivity contribution in [2.75, 3.05) is 5.75 Å². The van der Waals surface area contributed by atoms with Gasteiger partial charge in [-0.15, -0.1) is 11.8 Å². The van der Waals surface area contributed by atoms with Gasteiger partial charge in [-0.3, -0.25) is 9.59 Å². The van der Waals surface area contributed by atoms with E-state index in [2.05, 4.69) is 11.4 Å². The first kappa shape index (κ1) is 24.3. The van der Waals surface area contributed by atoms with Crippen LogP contribution in [0.15, 0.2) is 53.4 Å². The van der Waals surface area contributed by atoms with Gasteiger partial charge in [-0.25, -0.2) is 0 Å². The molecule has 1 N–H and O–H groups in total. The van der Waals surface area contributed by atoms with Gasteiger partial charge in [0.25, 0.3) is 0 Å². The Morgan fingerprint density at radius 1 is 1.13 bits per heavy atom. The zero-order valence-corrected chi connectivity index (χ0v) is 19.9. The van der Waals surface area contributed by atoms with Crippen LogP contribution in [0, 0.1) is 6.92 Å². The fourth-order valence-corrected chi connectivity index (χ4v) is 4.05. The summed E-state index contributed by atoms with van der Waals surface area (Å²) in [6, 6.07) is 14.9. The van der Waals surface area contributed by atoms with Gasteiger partial charge in [-0.1, -0.05) is 48.4 Å². The number of amides is 2. The molecule has 0 aliphatic carbocycles. The average molecular weight is 447 g/mol. The van der Waals surface area contributed by atoms with Crippen molar-refractivity contribution in [2.24, 2.45) is 0 Å². The number of carbonyl (C=O) groups excluding carboxylic acids is 2. The second-order valence-corrected chi connectivity index (χ2v) is 9.90. The number of carbonyl (C=O) groups is 2. The highest BCUT2D eigenvalue weighted by atomic mass is 35.5. The van der Waals surface area contributed by atoms with E-state index in [-0.39, 0.29) is 23.1 Å². The molecule has 0 bridgehead atoms. The summed E-state index contributed by atoms with van der Waals surface area (Å²) in [7, 11) is 0. The second kappa shape index (κ2) is 10.9. The van der Waals surface area contributed by atoms with E-state index in [4.69, 9.17) is 11.6 Å². The molecule has 0 saturated heterocycles. The Kier molecular flexibility index (Phi) is 8.80. The minimum atomic E-state index is -0.525. The summed E-state index contributed by atoms with van der Waals surface area (Å²) in [6.07, 6.45) is 0.547. The maximum absolute atomic E-state index is 13.2. The molecule has 2 amide bonds. The number of thioether (sulfide) groups is 1. The summed E-state index contributed by atoms with van der Waals surface area (Å²) >= 11 is 7.40. The molecule has 0 heterocycles. The molecule has 0 aliphatic rings. The quantitative estimate of drug-likeness (QED) is 0.547. The lowest BCUT2D eigenvalue weighted by Crippen LogP contribution is -2.53. The molecule has 162 valence electrons. The Bertz CT molecular complexity index is 862. The van der Waals surface area contributed by atoms with Crippen LogP contribution >= 0.6 is 23.4 Å². The van der Waals surface area contributed by atoms with Crippen molar-refractivity contribution >= 4 is 35.2 Å². The standard InChI is InChI=1S/C24H31ClN2O2S/c1-6-21(23(29)26-24(3,4)5)27(15-18-9-7-8-17(2)14-18)22(28)16-30-20-12-10-19(25)11-13-20/h7-14,21H,6,15-16H2,1-5H3,(H,26,29)/t21-/m0/s1. The van der Waals surface area contributed by atoms with Gasteiger partial charge in [-0.05, 0) is 63.9 Å². The smallest absolute Gasteiger partial charge is 0.243 e. The Morgan fingerprint density at radius 3 is 2.37 bits per heavy atom. The average Bonchev–Trinajstić information content (AvgIpc) is 2.66. The molecule has 0 aromatic heterocycles. The fraction of sp³-hybridized carbons (Fsp3) is 0.417. The molecule has 2 aromatic carbocycles. The summed E-state index contributed by atoms with van der Waals surface area (Å²) in [5, 5.41) is 3.69. The van der Waals surface area contributed by atoms with E-state index in [1.54, 1.807) is 4.90 Å². The highest BCUT2D eigenvalue weighted by molar-refractivity contribution is 8.00. The number of nitrogens with zero attached hydrogens (tertiary/aromatic N) is 1. The van der Waals surface area contributed by atoms with Crippen LogP contribution in [0.1, 0.15) is 45.2 Å². The predicted octanol–water partition coefficient (Wildman–Crippen LogP) is 5.46. The van der Waals surface area contributed by atoms with Gasteiger partial charge in [0.1, 0.15) is 6.04 Å². The van der Waals surface area contributed by atoms with E-state index in [1.165, 1.54) is 11.8 Å². The van der Waals surface area contributed by atoms with E-state index >= 15 is 0 Å². The minimum absolute atomic E-state index is 0.0626. The number of halogens is 1. The monoisotopic (exact) mass is 446 g/mol. The first-order valence-electron chi connectivity index (χ1n) is 10.1. The maximum atomic E-state index is 13.2. The molecular weight excluding hydrogens is 416 g/mol. The third-order valence-corrected chi connectivity index (χ3v) is 5.74. The van der Waals surface area contributed by atoms with Gasteiger partial charge in [0.15, 0.2) is 0 Å². The van der Waals surface area contributed by atoms with Gasteiger partial charge in [0.05, 0.1) is 5.75 Å². The lowest BCUT2D eigenvalue weighted by molar-refractivity contribution is -0.140. The first-order valence-corrected chi connectivity index (χ1v) is 11.5. The minimum Gasteiger partial charge on any atom is -0.350 e. The molecule has 0 aliphatic heterocycles. The van der Waals surface area contributed by atoms with Crippen LogP contribution in [-0.4, -0.2) is 34.0 Å². The lowest BCUT2D eigenvalue weighted by atomic mass is 10.1. The summed E-state index contributed by atoms with van der Waals surface area (Å²) in [4.78, 5) is 28.9. The van der Waals surface area contributed by atoms with Crippen LogP contribution in [0.25, 0.3) is 0 Å². The Morgan fingerprint density at radius 2 is 1.80 bits per heavy atom. The van der Waals surface area contributed by atoms with Gasteiger partial charge in [0, 0.05) is 22.0 Å². The molecule has 0 saturated carbocycles. The maximum Gasteiger partial charge on any atom is 0.243 e. The topological polar surface area (TPSA) is 49.4 Å². The summed E-state index contributed by atoms with van der Waals surface area (Å²) < 4.78 is 0. The van der Waals surface area contributed by atoms with Crippen molar-refractivity contribution in [3.63, 3.8) is 0 Å². The lowest BCUT2D eigenvalue weighted by Gasteiger charge is -2.33. The number of hydrogen-bond acceptors (Lipinski definition) is 3. The highest BCUT2D eigenvalue weighted by Crippen LogP contribution is 2.22. The van der Waals surface area contributed by atoms with Crippen LogP contribution in [-0.2, 0) is 16.1 Å². The zero-order valence-electron chi connectivity index (χ0n) is 18.4. The molecule has 6 heteroatoms. The predicted molar refractivity (Wildman–Crippen MR) is 126 cm³/mol. The summed E-state index contributed by atoms with van der Waals surface area (Å²) in [5.74, 6) is 0.0714. The SMILES string of the molecule is CC[C@@H](C(=O)NC(C)(C)C)N(Cc1cccc(C)c1)C(=O)CSc1ccc(Cl)cc1. The van der Waals surface area contributed by atoms with Gasteiger partial charge >= 0.3 is 0 Å². The van der Waals surface area contributed by atoms with Gasteiger partial charge in [-0.2, -0.15) is 0 Å². The van der Waals surface area contributed by atoms with E-state index in [0.717, 1.165) is 16.0 Å². The number of rotatable bonds is 8. The van der Waals surface area contributed by atoms with Crippen LogP contribution in [0.2, 0.25) is 5.02 Å². The molecule has 2 aromatic rings. The number of nitrogens with one attached hydrogen (secondary N) is 1. The number of hydrogen-bond donors (Lipinski definition) is 1. The fourth-order valence-electron chi connectivity index (χ4n) is 3.14. The van der Waals surface area contributed by atoms with Gasteiger partial charge < -0.3 is 10.2 Å². The Balaban J connectivity index is 2.22. The molecule has 0 fully saturated rings. The number of benzene rings is 2.